The summed E-state index contributed by atoms with van der Waals surface area (Å²) in [6.07, 6.45) is 0. The van der Waals surface area contributed by atoms with Gasteiger partial charge in [0, 0.05) is 8.95 Å². The smallest absolute Gasteiger partial charge is 0.157 e. The van der Waals surface area contributed by atoms with Crippen LogP contribution in [0.5, 0.6) is 0 Å². The molecule has 0 heterocycles. The zero-order valence-corrected chi connectivity index (χ0v) is 11.1. The summed E-state index contributed by atoms with van der Waals surface area (Å²) >= 11 is 13.8. The highest BCUT2D eigenvalue weighted by Gasteiger charge is 2.11. The molecule has 1 aromatic carbocycles. The predicted molar refractivity (Wildman–Crippen MR) is 59.5 cm³/mol. The van der Waals surface area contributed by atoms with Gasteiger partial charge in [0.2, 0.25) is 0 Å². The Morgan fingerprint density at radius 3 is 2.45 bits per heavy atom. The second-order valence-corrected chi connectivity index (χ2v) is 4.95. The Balaban J connectivity index is 3.46. The first-order valence-electron chi connectivity index (χ1n) is 2.52. The lowest BCUT2D eigenvalue weighted by Gasteiger charge is -2.02. The molecule has 0 radical (unpaired) electrons. The van der Waals surface area contributed by atoms with Crippen molar-refractivity contribution in [3.05, 3.63) is 29.4 Å². The zero-order chi connectivity index (χ0) is 8.59. The summed E-state index contributed by atoms with van der Waals surface area (Å²) in [7, 11) is 0. The first kappa shape index (κ1) is 10.2. The molecular formula is C6HBr2ClFI. The van der Waals surface area contributed by atoms with Crippen molar-refractivity contribution in [3.63, 3.8) is 0 Å². The van der Waals surface area contributed by atoms with E-state index >= 15 is 0 Å². The summed E-state index contributed by atoms with van der Waals surface area (Å²) in [6.45, 7) is 0. The molecule has 0 aliphatic heterocycles. The summed E-state index contributed by atoms with van der Waals surface area (Å²) < 4.78 is 14.8. The monoisotopic (exact) mass is 412 g/mol. The first-order chi connectivity index (χ1) is 5.04. The maximum absolute atomic E-state index is 13.1. The highest BCUT2D eigenvalue weighted by atomic mass is 127. The van der Waals surface area contributed by atoms with Crippen LogP contribution in [0.15, 0.2) is 15.0 Å². The summed E-state index contributed by atoms with van der Waals surface area (Å²) in [5.74, 6) is -0.395. The average Bonchev–Trinajstić information content (AvgIpc) is 1.97. The minimum absolute atomic E-state index is 0.123. The molecule has 0 nitrogen and oxygen atoms in total. The lowest BCUT2D eigenvalue weighted by Crippen LogP contribution is -1.86. The van der Waals surface area contributed by atoms with Gasteiger partial charge in [-0.3, -0.25) is 0 Å². The predicted octanol–water partition coefficient (Wildman–Crippen LogP) is 4.61. The number of halogens is 5. The fourth-order valence-electron chi connectivity index (χ4n) is 0.544. The van der Waals surface area contributed by atoms with E-state index < -0.39 is 5.82 Å². The minimum Gasteiger partial charge on any atom is -0.204 e. The van der Waals surface area contributed by atoms with Crippen molar-refractivity contribution in [2.45, 2.75) is 0 Å². The molecule has 0 unspecified atom stereocenters. The van der Waals surface area contributed by atoms with Crippen LogP contribution in [0.4, 0.5) is 4.39 Å². The van der Waals surface area contributed by atoms with Gasteiger partial charge in [0.05, 0.1) is 8.59 Å². The first-order valence-corrected chi connectivity index (χ1v) is 5.56. The SMILES string of the molecule is Fc1c(Cl)c(Br)cc(Br)c1I. The molecule has 0 aromatic heterocycles. The van der Waals surface area contributed by atoms with E-state index in [-0.39, 0.29) is 5.02 Å². The van der Waals surface area contributed by atoms with Crippen LogP contribution in [-0.4, -0.2) is 0 Å². The molecule has 0 atom stereocenters. The fraction of sp³-hybridized carbons (Fsp3) is 0. The molecular weight excluding hydrogens is 413 g/mol. The van der Waals surface area contributed by atoms with Gasteiger partial charge in [0.15, 0.2) is 5.82 Å². The van der Waals surface area contributed by atoms with E-state index in [1.807, 2.05) is 22.6 Å². The molecule has 60 valence electrons. The molecule has 0 aliphatic rings. The molecule has 1 rings (SSSR count). The summed E-state index contributed by atoms with van der Waals surface area (Å²) in [6, 6.07) is 1.72. The van der Waals surface area contributed by atoms with E-state index in [4.69, 9.17) is 11.6 Å². The third-order valence-corrected chi connectivity index (χ3v) is 4.70. The molecule has 0 aliphatic carbocycles. The molecule has 0 spiro atoms. The van der Waals surface area contributed by atoms with Crippen molar-refractivity contribution in [2.75, 3.05) is 0 Å². The van der Waals surface area contributed by atoms with Gasteiger partial charge in [-0.1, -0.05) is 11.6 Å². The fourth-order valence-corrected chi connectivity index (χ4v) is 2.39. The zero-order valence-electron chi connectivity index (χ0n) is 4.97. The van der Waals surface area contributed by atoms with Gasteiger partial charge in [-0.05, 0) is 60.5 Å². The Kier molecular flexibility index (Phi) is 3.61. The number of hydrogen-bond acceptors (Lipinski definition) is 0. The van der Waals surface area contributed by atoms with Crippen molar-refractivity contribution < 1.29 is 4.39 Å². The average molecular weight is 414 g/mol. The van der Waals surface area contributed by atoms with Crippen LogP contribution in [0.1, 0.15) is 0 Å². The van der Waals surface area contributed by atoms with E-state index in [0.717, 1.165) is 0 Å². The third-order valence-electron chi connectivity index (χ3n) is 1.06. The van der Waals surface area contributed by atoms with E-state index in [2.05, 4.69) is 31.9 Å². The van der Waals surface area contributed by atoms with Crippen LogP contribution in [0.25, 0.3) is 0 Å². The standard InChI is InChI=1S/C6HBr2ClFI/c7-2-1-3(8)6(11)5(10)4(2)9/h1H. The molecule has 0 saturated heterocycles. The van der Waals surface area contributed by atoms with Gasteiger partial charge in [0.25, 0.3) is 0 Å². The molecule has 0 fully saturated rings. The second-order valence-electron chi connectivity index (χ2n) is 1.78. The highest BCUT2D eigenvalue weighted by molar-refractivity contribution is 14.1. The van der Waals surface area contributed by atoms with Gasteiger partial charge in [-0.15, -0.1) is 0 Å². The van der Waals surface area contributed by atoms with E-state index in [9.17, 15) is 4.39 Å². The Labute approximate surface area is 98.9 Å². The molecule has 1 aromatic rings. The summed E-state index contributed by atoms with van der Waals surface area (Å²) in [4.78, 5) is 0. The molecule has 0 saturated carbocycles. The molecule has 0 N–H and O–H groups in total. The topological polar surface area (TPSA) is 0 Å². The molecule has 0 amide bonds. The van der Waals surface area contributed by atoms with Crippen LogP contribution in [0, 0.1) is 9.39 Å². The van der Waals surface area contributed by atoms with Gasteiger partial charge in [-0.2, -0.15) is 0 Å². The lowest BCUT2D eigenvalue weighted by molar-refractivity contribution is 0.618. The van der Waals surface area contributed by atoms with E-state index in [1.54, 1.807) is 6.07 Å². The third kappa shape index (κ3) is 2.08. The number of hydrogen-bond donors (Lipinski definition) is 0. The number of rotatable bonds is 0. The van der Waals surface area contributed by atoms with E-state index in [0.29, 0.717) is 12.5 Å². The van der Waals surface area contributed by atoms with Crippen molar-refractivity contribution in [1.82, 2.24) is 0 Å². The van der Waals surface area contributed by atoms with Gasteiger partial charge >= 0.3 is 0 Å². The minimum atomic E-state index is -0.395. The largest absolute Gasteiger partial charge is 0.204 e. The summed E-state index contributed by atoms with van der Waals surface area (Å²) in [5, 5.41) is 0.123. The van der Waals surface area contributed by atoms with Crippen LogP contribution < -0.4 is 0 Å². The second kappa shape index (κ2) is 3.89. The van der Waals surface area contributed by atoms with Gasteiger partial charge < -0.3 is 0 Å². The van der Waals surface area contributed by atoms with Crippen molar-refractivity contribution in [3.8, 4) is 0 Å². The van der Waals surface area contributed by atoms with Crippen LogP contribution in [-0.2, 0) is 0 Å². The normalized spacial score (nSPS) is 10.3. The van der Waals surface area contributed by atoms with Gasteiger partial charge in [0.1, 0.15) is 0 Å². The maximum atomic E-state index is 13.1. The van der Waals surface area contributed by atoms with E-state index in [1.165, 1.54) is 0 Å². The Bertz CT molecular complexity index is 277. The van der Waals surface area contributed by atoms with Crippen LogP contribution in [0.2, 0.25) is 5.02 Å². The molecule has 5 heteroatoms. The van der Waals surface area contributed by atoms with Gasteiger partial charge in [-0.25, -0.2) is 4.39 Å². The quantitative estimate of drug-likeness (QED) is 0.331. The van der Waals surface area contributed by atoms with Crippen molar-refractivity contribution in [2.24, 2.45) is 0 Å². The number of benzene rings is 1. The Morgan fingerprint density at radius 2 is 1.91 bits per heavy atom. The molecule has 11 heavy (non-hydrogen) atoms. The molecule has 0 bridgehead atoms. The summed E-state index contributed by atoms with van der Waals surface area (Å²) in [5.41, 5.74) is 0. The van der Waals surface area contributed by atoms with Crippen molar-refractivity contribution in [1.29, 1.82) is 0 Å². The Morgan fingerprint density at radius 1 is 1.36 bits per heavy atom. The lowest BCUT2D eigenvalue weighted by atomic mass is 10.3. The van der Waals surface area contributed by atoms with Crippen molar-refractivity contribution >= 4 is 66.1 Å². The maximum Gasteiger partial charge on any atom is 0.157 e. The van der Waals surface area contributed by atoms with Crippen LogP contribution in [0.3, 0.4) is 0 Å². The Hall–Kier alpha value is 1.13. The van der Waals surface area contributed by atoms with Crippen LogP contribution >= 0.6 is 66.1 Å². The highest BCUT2D eigenvalue weighted by Crippen LogP contribution is 2.33.